The van der Waals surface area contributed by atoms with Crippen LogP contribution >= 0.6 is 23.2 Å². The lowest BCUT2D eigenvalue weighted by Crippen LogP contribution is -1.98. The van der Waals surface area contributed by atoms with Gasteiger partial charge in [-0.2, -0.15) is 4.98 Å². The first-order valence-electron chi connectivity index (χ1n) is 9.15. The molecule has 0 fully saturated rings. The van der Waals surface area contributed by atoms with E-state index in [1.165, 1.54) is 0 Å². The summed E-state index contributed by atoms with van der Waals surface area (Å²) in [4.78, 5) is 8.95. The summed E-state index contributed by atoms with van der Waals surface area (Å²) < 4.78 is 10.7. The van der Waals surface area contributed by atoms with Crippen LogP contribution < -0.4 is 20.1 Å². The molecule has 158 valence electrons. The summed E-state index contributed by atoms with van der Waals surface area (Å²) in [5.74, 6) is 2.80. The highest BCUT2D eigenvalue weighted by Crippen LogP contribution is 2.31. The van der Waals surface area contributed by atoms with Crippen molar-refractivity contribution in [2.24, 2.45) is 0 Å². The molecule has 0 aliphatic carbocycles. The highest BCUT2D eigenvalue weighted by molar-refractivity contribution is 6.35. The molecule has 0 unspecified atom stereocenters. The Kier molecular flexibility index (Phi) is 6.11. The van der Waals surface area contributed by atoms with E-state index in [-0.39, 0.29) is 0 Å². The number of hydrogen-bond acceptors (Lipinski definition) is 7. The summed E-state index contributed by atoms with van der Waals surface area (Å²) in [6, 6.07) is 14.3. The van der Waals surface area contributed by atoms with E-state index < -0.39 is 0 Å². The number of rotatable bonds is 7. The molecule has 4 rings (SSSR count). The van der Waals surface area contributed by atoms with Crippen molar-refractivity contribution in [1.82, 2.24) is 20.2 Å². The van der Waals surface area contributed by atoms with E-state index in [0.717, 1.165) is 11.3 Å². The van der Waals surface area contributed by atoms with Gasteiger partial charge >= 0.3 is 0 Å². The number of nitrogens with zero attached hydrogens (tertiary/aromatic N) is 3. The maximum atomic E-state index is 6.05. The molecular weight excluding hydrogens is 439 g/mol. The molecule has 2 aromatic heterocycles. The van der Waals surface area contributed by atoms with Crippen molar-refractivity contribution in [3.63, 3.8) is 0 Å². The van der Waals surface area contributed by atoms with Crippen LogP contribution in [-0.4, -0.2) is 34.4 Å². The minimum Gasteiger partial charge on any atom is -0.497 e. The third-order valence-electron chi connectivity index (χ3n) is 4.28. The molecule has 0 saturated heterocycles. The van der Waals surface area contributed by atoms with Crippen molar-refractivity contribution in [2.45, 2.75) is 0 Å². The predicted molar refractivity (Wildman–Crippen MR) is 122 cm³/mol. The number of nitrogens with one attached hydrogen (secondary N) is 3. The second kappa shape index (κ2) is 9.11. The van der Waals surface area contributed by atoms with Gasteiger partial charge in [0.2, 0.25) is 5.95 Å². The zero-order valence-corrected chi connectivity index (χ0v) is 18.1. The van der Waals surface area contributed by atoms with E-state index in [1.807, 2.05) is 24.3 Å². The van der Waals surface area contributed by atoms with Gasteiger partial charge in [0.15, 0.2) is 5.82 Å². The zero-order valence-electron chi connectivity index (χ0n) is 16.6. The second-order valence-corrected chi connectivity index (χ2v) is 7.29. The number of anilines is 4. The lowest BCUT2D eigenvalue weighted by Gasteiger charge is -2.12. The number of aromatic amines is 1. The first kappa shape index (κ1) is 20.8. The summed E-state index contributed by atoms with van der Waals surface area (Å²) in [5, 5.41) is 14.5. The number of hydrogen-bond donors (Lipinski definition) is 3. The largest absolute Gasteiger partial charge is 0.497 e. The topological polar surface area (TPSA) is 97.0 Å². The number of aromatic nitrogens is 4. The van der Waals surface area contributed by atoms with Gasteiger partial charge in [-0.1, -0.05) is 23.2 Å². The lowest BCUT2D eigenvalue weighted by atomic mass is 10.2. The first-order valence-corrected chi connectivity index (χ1v) is 9.90. The zero-order chi connectivity index (χ0) is 21.8. The van der Waals surface area contributed by atoms with Crippen molar-refractivity contribution < 1.29 is 9.47 Å². The van der Waals surface area contributed by atoms with Gasteiger partial charge in [0.25, 0.3) is 0 Å². The van der Waals surface area contributed by atoms with Gasteiger partial charge in [0.05, 0.1) is 19.8 Å². The molecule has 2 aromatic carbocycles. The van der Waals surface area contributed by atoms with Gasteiger partial charge in [0, 0.05) is 45.8 Å². The van der Waals surface area contributed by atoms with Crippen LogP contribution in [0, 0.1) is 0 Å². The molecule has 0 radical (unpaired) electrons. The average molecular weight is 457 g/mol. The van der Waals surface area contributed by atoms with Gasteiger partial charge in [0.1, 0.15) is 17.3 Å². The molecule has 0 bridgehead atoms. The third kappa shape index (κ3) is 4.99. The number of ether oxygens (including phenoxy) is 2. The quantitative estimate of drug-likeness (QED) is 0.329. The molecule has 10 heteroatoms. The fraction of sp³-hybridized carbons (Fsp3) is 0.0952. The van der Waals surface area contributed by atoms with Crippen LogP contribution in [0.3, 0.4) is 0 Å². The Bertz CT molecular complexity index is 1170. The van der Waals surface area contributed by atoms with Crippen molar-refractivity contribution in [3.05, 3.63) is 64.8 Å². The third-order valence-corrected chi connectivity index (χ3v) is 4.72. The fourth-order valence-corrected chi connectivity index (χ4v) is 3.43. The first-order chi connectivity index (χ1) is 15.0. The van der Waals surface area contributed by atoms with E-state index in [1.54, 1.807) is 44.7 Å². The van der Waals surface area contributed by atoms with Crippen LogP contribution in [0.1, 0.15) is 0 Å². The van der Waals surface area contributed by atoms with E-state index in [9.17, 15) is 0 Å². The van der Waals surface area contributed by atoms with Crippen LogP contribution in [0.4, 0.5) is 23.1 Å². The molecule has 0 aliphatic heterocycles. The van der Waals surface area contributed by atoms with Crippen molar-refractivity contribution >= 4 is 46.3 Å². The monoisotopic (exact) mass is 456 g/mol. The van der Waals surface area contributed by atoms with Crippen LogP contribution in [0.5, 0.6) is 11.5 Å². The van der Waals surface area contributed by atoms with E-state index in [0.29, 0.717) is 44.8 Å². The molecule has 0 saturated carbocycles. The van der Waals surface area contributed by atoms with Gasteiger partial charge in [-0.05, 0) is 30.3 Å². The highest BCUT2D eigenvalue weighted by Gasteiger charge is 2.13. The van der Waals surface area contributed by atoms with Crippen LogP contribution in [-0.2, 0) is 0 Å². The summed E-state index contributed by atoms with van der Waals surface area (Å²) >= 11 is 12.1. The predicted octanol–water partition coefficient (Wildman–Crippen LogP) is 5.68. The minimum atomic E-state index is 0.367. The molecule has 0 amide bonds. The Labute approximate surface area is 188 Å². The number of H-pyrrole nitrogens is 1. The molecule has 8 nitrogen and oxygen atoms in total. The number of methoxy groups -OCH3 is 2. The van der Waals surface area contributed by atoms with Gasteiger partial charge < -0.3 is 20.1 Å². The molecule has 31 heavy (non-hydrogen) atoms. The van der Waals surface area contributed by atoms with Crippen LogP contribution in [0.25, 0.3) is 11.4 Å². The molecule has 0 aliphatic rings. The van der Waals surface area contributed by atoms with E-state index in [2.05, 4.69) is 30.8 Å². The SMILES string of the molecule is COc1cc(Nc2ncccc2-c2nc(Nc3cc(Cl)cc(Cl)c3)n[nH]2)cc(OC)c1. The van der Waals surface area contributed by atoms with Gasteiger partial charge in [-0.3, -0.25) is 5.10 Å². The molecule has 0 spiro atoms. The van der Waals surface area contributed by atoms with Crippen LogP contribution in [0.2, 0.25) is 10.0 Å². The minimum absolute atomic E-state index is 0.367. The van der Waals surface area contributed by atoms with Crippen LogP contribution in [0.15, 0.2) is 54.7 Å². The number of halogens is 2. The number of pyridine rings is 1. The molecular formula is C21H18Cl2N6O2. The smallest absolute Gasteiger partial charge is 0.246 e. The van der Waals surface area contributed by atoms with Crippen molar-refractivity contribution in [3.8, 4) is 22.9 Å². The summed E-state index contributed by atoms with van der Waals surface area (Å²) in [6.07, 6.45) is 1.69. The van der Waals surface area contributed by atoms with E-state index >= 15 is 0 Å². The van der Waals surface area contributed by atoms with Crippen molar-refractivity contribution in [1.29, 1.82) is 0 Å². The summed E-state index contributed by atoms with van der Waals surface area (Å²) in [5.41, 5.74) is 2.16. The normalized spacial score (nSPS) is 10.6. The molecule has 3 N–H and O–H groups in total. The maximum absolute atomic E-state index is 6.05. The van der Waals surface area contributed by atoms with Gasteiger partial charge in [-0.15, -0.1) is 5.10 Å². The fourth-order valence-electron chi connectivity index (χ4n) is 2.91. The van der Waals surface area contributed by atoms with E-state index in [4.69, 9.17) is 32.7 Å². The highest BCUT2D eigenvalue weighted by atomic mass is 35.5. The second-order valence-electron chi connectivity index (χ2n) is 6.42. The maximum Gasteiger partial charge on any atom is 0.246 e. The lowest BCUT2D eigenvalue weighted by molar-refractivity contribution is 0.395. The average Bonchev–Trinajstić information content (AvgIpc) is 3.21. The standard InChI is InChI=1S/C21H18Cl2N6O2/c1-30-16-9-15(10-17(11-16)31-2)25-19-18(4-3-5-24-19)20-27-21(29-28-20)26-14-7-12(22)6-13(23)8-14/h3-11H,1-2H3,(H,24,25)(H2,26,27,28,29). The Morgan fingerprint density at radius 3 is 2.23 bits per heavy atom. The molecule has 2 heterocycles. The Hall–Kier alpha value is -3.49. The molecule has 4 aromatic rings. The Balaban J connectivity index is 1.61. The Morgan fingerprint density at radius 1 is 0.871 bits per heavy atom. The summed E-state index contributed by atoms with van der Waals surface area (Å²) in [7, 11) is 3.20. The van der Waals surface area contributed by atoms with Crippen molar-refractivity contribution in [2.75, 3.05) is 24.9 Å². The molecule has 0 atom stereocenters. The van der Waals surface area contributed by atoms with Gasteiger partial charge in [-0.25, -0.2) is 4.98 Å². The summed E-state index contributed by atoms with van der Waals surface area (Å²) in [6.45, 7) is 0. The number of benzene rings is 2. The Morgan fingerprint density at radius 2 is 1.55 bits per heavy atom.